The highest BCUT2D eigenvalue weighted by molar-refractivity contribution is 7.13. The minimum atomic E-state index is -0.798. The van der Waals surface area contributed by atoms with E-state index in [2.05, 4.69) is 20.7 Å². The summed E-state index contributed by atoms with van der Waals surface area (Å²) in [5.74, 6) is -2.83. The van der Waals surface area contributed by atoms with Crippen LogP contribution in [0.5, 0.6) is 0 Å². The Balaban J connectivity index is 1.62. The highest BCUT2D eigenvalue weighted by atomic mass is 32.1. The van der Waals surface area contributed by atoms with Crippen LogP contribution in [-0.4, -0.2) is 38.6 Å². The van der Waals surface area contributed by atoms with Crippen molar-refractivity contribution in [3.63, 3.8) is 0 Å². The predicted molar refractivity (Wildman–Crippen MR) is 78.2 cm³/mol. The minimum Gasteiger partial charge on any atom is -0.302 e. The Hall–Kier alpha value is -3.14. The molecule has 0 fully saturated rings. The Labute approximate surface area is 133 Å². The summed E-state index contributed by atoms with van der Waals surface area (Å²) in [6, 6.07) is 2.95. The van der Waals surface area contributed by atoms with E-state index < -0.39 is 30.0 Å². The predicted octanol–water partition coefficient (Wildman–Crippen LogP) is 0.194. The van der Waals surface area contributed by atoms with Crippen molar-refractivity contribution in [1.82, 2.24) is 20.4 Å². The molecule has 10 heteroatoms. The minimum absolute atomic E-state index is 0.0370. The molecule has 0 aromatic carbocycles. The average Bonchev–Trinajstić information content (AvgIpc) is 3.11. The number of pyridine rings is 1. The van der Waals surface area contributed by atoms with Crippen LogP contribution in [0.15, 0.2) is 29.9 Å². The first kappa shape index (κ1) is 14.8. The van der Waals surface area contributed by atoms with Crippen LogP contribution in [0, 0.1) is 0 Å². The summed E-state index contributed by atoms with van der Waals surface area (Å²) in [5, 5.41) is 5.00. The Bertz CT molecular complexity index is 769. The van der Waals surface area contributed by atoms with Gasteiger partial charge in [0.05, 0.1) is 5.56 Å². The van der Waals surface area contributed by atoms with E-state index >= 15 is 0 Å². The Kier molecular flexibility index (Phi) is 3.81. The lowest BCUT2D eigenvalue weighted by Gasteiger charge is -2.14. The molecule has 0 saturated carbocycles. The summed E-state index contributed by atoms with van der Waals surface area (Å²) >= 11 is 1.20. The maximum atomic E-state index is 12.0. The number of nitrogens with zero attached hydrogens (tertiary/aromatic N) is 3. The smallest absolute Gasteiger partial charge is 0.299 e. The Morgan fingerprint density at radius 2 is 1.96 bits per heavy atom. The fourth-order valence-corrected chi connectivity index (χ4v) is 2.47. The maximum absolute atomic E-state index is 12.0. The van der Waals surface area contributed by atoms with Crippen LogP contribution in [0.3, 0.4) is 0 Å². The second kappa shape index (κ2) is 5.93. The van der Waals surface area contributed by atoms with E-state index in [-0.39, 0.29) is 11.3 Å². The number of aromatic nitrogens is 2. The molecule has 2 aromatic heterocycles. The molecule has 1 aliphatic heterocycles. The molecule has 3 heterocycles. The van der Waals surface area contributed by atoms with Crippen LogP contribution >= 0.6 is 11.3 Å². The molecule has 23 heavy (non-hydrogen) atoms. The van der Waals surface area contributed by atoms with Gasteiger partial charge in [0.15, 0.2) is 5.13 Å². The molecular weight excluding hydrogens is 322 g/mol. The number of amides is 4. The zero-order valence-corrected chi connectivity index (χ0v) is 12.3. The van der Waals surface area contributed by atoms with Gasteiger partial charge in [0.25, 0.3) is 11.8 Å². The van der Waals surface area contributed by atoms with Gasteiger partial charge >= 0.3 is 0 Å². The van der Waals surface area contributed by atoms with E-state index in [1.54, 1.807) is 5.38 Å². The number of anilines is 1. The maximum Gasteiger partial charge on any atom is 0.299 e. The first-order valence-electron chi connectivity index (χ1n) is 6.39. The molecule has 9 nitrogen and oxygen atoms in total. The molecule has 4 amide bonds. The summed E-state index contributed by atoms with van der Waals surface area (Å²) in [6.07, 6.45) is 2.32. The van der Waals surface area contributed by atoms with Gasteiger partial charge < -0.3 is 5.32 Å². The topological polar surface area (TPSA) is 121 Å². The first-order chi connectivity index (χ1) is 11.1. The van der Waals surface area contributed by atoms with Crippen molar-refractivity contribution in [2.75, 3.05) is 5.32 Å². The molecule has 0 spiro atoms. The van der Waals surface area contributed by atoms with E-state index in [4.69, 9.17) is 0 Å². The zero-order chi connectivity index (χ0) is 16.4. The van der Waals surface area contributed by atoms with Crippen molar-refractivity contribution in [2.24, 2.45) is 0 Å². The molecule has 2 aromatic rings. The largest absolute Gasteiger partial charge is 0.302 e. The zero-order valence-electron chi connectivity index (χ0n) is 11.5. The average molecular weight is 331 g/mol. The van der Waals surface area contributed by atoms with Crippen LogP contribution in [0.4, 0.5) is 5.13 Å². The Morgan fingerprint density at radius 3 is 2.65 bits per heavy atom. The molecule has 0 atom stereocenters. The monoisotopic (exact) mass is 331 g/mol. The van der Waals surface area contributed by atoms with E-state index in [1.165, 1.54) is 35.9 Å². The van der Waals surface area contributed by atoms with Gasteiger partial charge in [-0.1, -0.05) is 0 Å². The normalized spacial score (nSPS) is 13.0. The standard InChI is InChI=1S/C13H9N5O4S/c19-8(16-13-15-4-5-23-13)6-9(20)17-18-11(21)7-2-1-3-14-10(7)12(18)22/h1-5H,6H2,(H,17,20)(H,15,16,19). The van der Waals surface area contributed by atoms with Crippen molar-refractivity contribution >= 4 is 40.1 Å². The number of hydrazine groups is 1. The Morgan fingerprint density at radius 1 is 1.13 bits per heavy atom. The number of nitrogens with one attached hydrogen (secondary N) is 2. The van der Waals surface area contributed by atoms with Gasteiger partial charge in [0, 0.05) is 17.8 Å². The second-order valence-corrected chi connectivity index (χ2v) is 5.34. The SMILES string of the molecule is O=C(CC(=O)NN1C(=O)c2cccnc2C1=O)Nc1nccs1. The lowest BCUT2D eigenvalue weighted by Crippen LogP contribution is -2.46. The molecule has 3 rings (SSSR count). The molecule has 116 valence electrons. The van der Waals surface area contributed by atoms with E-state index in [0.717, 1.165) is 0 Å². The van der Waals surface area contributed by atoms with Crippen LogP contribution in [-0.2, 0) is 9.59 Å². The van der Waals surface area contributed by atoms with Gasteiger partial charge in [-0.05, 0) is 12.1 Å². The van der Waals surface area contributed by atoms with Crippen LogP contribution in [0.2, 0.25) is 0 Å². The third kappa shape index (κ3) is 2.92. The quantitative estimate of drug-likeness (QED) is 0.609. The van der Waals surface area contributed by atoms with E-state index in [0.29, 0.717) is 10.1 Å². The number of thiazole rings is 1. The van der Waals surface area contributed by atoms with E-state index in [1.807, 2.05) is 0 Å². The van der Waals surface area contributed by atoms with Gasteiger partial charge in [-0.2, -0.15) is 5.01 Å². The number of imide groups is 1. The molecule has 0 radical (unpaired) electrons. The van der Waals surface area contributed by atoms with Crippen molar-refractivity contribution in [2.45, 2.75) is 6.42 Å². The van der Waals surface area contributed by atoms with Gasteiger partial charge in [-0.3, -0.25) is 29.6 Å². The van der Waals surface area contributed by atoms with Crippen LogP contribution < -0.4 is 10.7 Å². The van der Waals surface area contributed by atoms with Gasteiger partial charge in [0.1, 0.15) is 12.1 Å². The van der Waals surface area contributed by atoms with Crippen molar-refractivity contribution < 1.29 is 19.2 Å². The molecule has 2 N–H and O–H groups in total. The third-order valence-corrected chi connectivity index (χ3v) is 3.57. The van der Waals surface area contributed by atoms with Crippen molar-refractivity contribution in [3.05, 3.63) is 41.2 Å². The summed E-state index contributed by atoms with van der Waals surface area (Å²) in [6.45, 7) is 0. The molecule has 0 aliphatic carbocycles. The van der Waals surface area contributed by atoms with Gasteiger partial charge in [-0.15, -0.1) is 11.3 Å². The lowest BCUT2D eigenvalue weighted by atomic mass is 10.2. The number of hydrogen-bond acceptors (Lipinski definition) is 7. The van der Waals surface area contributed by atoms with E-state index in [9.17, 15) is 19.2 Å². The number of rotatable bonds is 4. The summed E-state index contributed by atoms with van der Waals surface area (Å²) < 4.78 is 0. The number of fused-ring (bicyclic) bond motifs is 1. The van der Waals surface area contributed by atoms with Gasteiger partial charge in [-0.25, -0.2) is 4.98 Å². The molecule has 0 unspecified atom stereocenters. The number of carbonyl (C=O) groups excluding carboxylic acids is 4. The summed E-state index contributed by atoms with van der Waals surface area (Å²) in [4.78, 5) is 55.2. The molecule has 1 aliphatic rings. The van der Waals surface area contributed by atoms with Crippen LogP contribution in [0.1, 0.15) is 27.3 Å². The molecule has 0 bridgehead atoms. The second-order valence-electron chi connectivity index (χ2n) is 4.44. The van der Waals surface area contributed by atoms with Crippen molar-refractivity contribution in [1.29, 1.82) is 0 Å². The summed E-state index contributed by atoms with van der Waals surface area (Å²) in [7, 11) is 0. The molecule has 0 saturated heterocycles. The highest BCUT2D eigenvalue weighted by Gasteiger charge is 2.38. The van der Waals surface area contributed by atoms with Crippen LogP contribution in [0.25, 0.3) is 0 Å². The number of carbonyl (C=O) groups is 4. The van der Waals surface area contributed by atoms with Crippen molar-refractivity contribution in [3.8, 4) is 0 Å². The molecular formula is C13H9N5O4S. The third-order valence-electron chi connectivity index (χ3n) is 2.88. The van der Waals surface area contributed by atoms with Gasteiger partial charge in [0.2, 0.25) is 11.8 Å². The first-order valence-corrected chi connectivity index (χ1v) is 7.27. The fourth-order valence-electron chi connectivity index (χ4n) is 1.93. The number of hydrogen-bond donors (Lipinski definition) is 2. The highest BCUT2D eigenvalue weighted by Crippen LogP contribution is 2.18. The summed E-state index contributed by atoms with van der Waals surface area (Å²) in [5.41, 5.74) is 2.18. The lowest BCUT2D eigenvalue weighted by molar-refractivity contribution is -0.129. The fraction of sp³-hybridized carbons (Fsp3) is 0.0769.